The van der Waals surface area contributed by atoms with Gasteiger partial charge in [-0.3, -0.25) is 9.59 Å². The molecule has 2 heterocycles. The van der Waals surface area contributed by atoms with Crippen LogP contribution in [0.5, 0.6) is 0 Å². The van der Waals surface area contributed by atoms with Crippen LogP contribution in [0.2, 0.25) is 0 Å². The van der Waals surface area contributed by atoms with E-state index in [0.29, 0.717) is 39.1 Å². The summed E-state index contributed by atoms with van der Waals surface area (Å²) in [5.74, 6) is -1.37. The predicted octanol–water partition coefficient (Wildman–Crippen LogP) is 2.28. The second-order valence-corrected chi connectivity index (χ2v) is 6.82. The number of hydrogen-bond donors (Lipinski definition) is 2. The van der Waals surface area contributed by atoms with Crippen LogP contribution in [0, 0.1) is 0 Å². The molecule has 1 aromatic carbocycles. The lowest BCUT2D eigenvalue weighted by molar-refractivity contribution is -0.137. The van der Waals surface area contributed by atoms with Crippen LogP contribution < -0.4 is 15.5 Å². The third-order valence-corrected chi connectivity index (χ3v) is 4.73. The highest BCUT2D eigenvalue weighted by molar-refractivity contribution is 6.15. The molecule has 1 aliphatic heterocycles. The smallest absolute Gasteiger partial charge is 0.366 e. The average molecular weight is 421 g/mol. The zero-order valence-corrected chi connectivity index (χ0v) is 16.4. The number of ketones is 1. The van der Waals surface area contributed by atoms with E-state index < -0.39 is 29.0 Å². The molecule has 0 spiro atoms. The first-order valence-corrected chi connectivity index (χ1v) is 9.65. The molecule has 2 N–H and O–H groups in total. The number of nitrogens with zero attached hydrogens (tertiary/aromatic N) is 3. The number of hydrogen-bond acceptors (Lipinski definition) is 6. The van der Waals surface area contributed by atoms with Crippen LogP contribution >= 0.6 is 0 Å². The number of alkyl halides is 3. The summed E-state index contributed by atoms with van der Waals surface area (Å²) in [7, 11) is 0. The summed E-state index contributed by atoms with van der Waals surface area (Å²) < 4.78 is 40.4. The van der Waals surface area contributed by atoms with Crippen molar-refractivity contribution in [3.05, 3.63) is 52.8 Å². The molecule has 0 aliphatic carbocycles. The largest absolute Gasteiger partial charge is 0.417 e. The number of rotatable bonds is 6. The summed E-state index contributed by atoms with van der Waals surface area (Å²) in [6, 6.07) is 4.59. The van der Waals surface area contributed by atoms with Crippen molar-refractivity contribution in [3.63, 3.8) is 0 Å². The molecule has 0 saturated carbocycles. The third kappa shape index (κ3) is 4.59. The van der Waals surface area contributed by atoms with Gasteiger partial charge < -0.3 is 15.5 Å². The molecular weight excluding hydrogens is 399 g/mol. The molecule has 0 atom stereocenters. The van der Waals surface area contributed by atoms with Gasteiger partial charge in [0, 0.05) is 38.3 Å². The Morgan fingerprint density at radius 3 is 2.53 bits per heavy atom. The minimum absolute atomic E-state index is 0.0688. The summed E-state index contributed by atoms with van der Waals surface area (Å²) >= 11 is 0. The van der Waals surface area contributed by atoms with Gasteiger partial charge in [0.15, 0.2) is 11.5 Å². The van der Waals surface area contributed by atoms with Crippen LogP contribution in [-0.2, 0) is 6.18 Å². The summed E-state index contributed by atoms with van der Waals surface area (Å²) in [6.45, 7) is 4.44. The van der Waals surface area contributed by atoms with Crippen molar-refractivity contribution in [2.24, 2.45) is 0 Å². The van der Waals surface area contributed by atoms with Gasteiger partial charge in [0.05, 0.1) is 23.0 Å². The van der Waals surface area contributed by atoms with E-state index in [0.717, 1.165) is 18.3 Å². The first kappa shape index (κ1) is 21.7. The Kier molecular flexibility index (Phi) is 6.66. The molecule has 1 aromatic heterocycles. The average Bonchev–Trinajstić information content (AvgIpc) is 2.76. The maximum absolute atomic E-state index is 13.5. The Morgan fingerprint density at radius 2 is 1.87 bits per heavy atom. The number of amides is 1. The fourth-order valence-electron chi connectivity index (χ4n) is 3.30. The summed E-state index contributed by atoms with van der Waals surface area (Å²) in [5, 5.41) is 13.5. The molecule has 0 unspecified atom stereocenters. The fourth-order valence-corrected chi connectivity index (χ4v) is 3.30. The minimum atomic E-state index is -4.69. The molecule has 1 aliphatic rings. The van der Waals surface area contributed by atoms with Crippen LogP contribution in [0.3, 0.4) is 0 Å². The van der Waals surface area contributed by atoms with Gasteiger partial charge in [0.25, 0.3) is 5.91 Å². The Hall–Kier alpha value is -3.01. The normalized spacial score (nSPS) is 14.5. The first-order valence-electron chi connectivity index (χ1n) is 9.65. The lowest BCUT2D eigenvalue weighted by Crippen LogP contribution is -2.45. The number of piperazine rings is 1. The van der Waals surface area contributed by atoms with E-state index in [1.165, 1.54) is 12.1 Å². The highest BCUT2D eigenvalue weighted by Gasteiger charge is 2.36. The Bertz CT molecular complexity index is 927. The molecule has 1 fully saturated rings. The standard InChI is InChI=1S/C20H22F3N5O2/c1-2-7-25-19(30)16-17(28-10-8-24-9-11-28)14(12-26-27-16)18(29)13-5-3-4-6-15(13)20(21,22)23/h3-6,12,24H,2,7-11H2,1H3,(H,25,30). The van der Waals surface area contributed by atoms with Gasteiger partial charge in [-0.2, -0.15) is 18.3 Å². The molecule has 1 amide bonds. The van der Waals surface area contributed by atoms with Crippen molar-refractivity contribution in [1.29, 1.82) is 0 Å². The highest BCUT2D eigenvalue weighted by atomic mass is 19.4. The van der Waals surface area contributed by atoms with Crippen molar-refractivity contribution >= 4 is 17.4 Å². The van der Waals surface area contributed by atoms with Crippen LogP contribution in [0.1, 0.15) is 45.3 Å². The zero-order valence-electron chi connectivity index (χ0n) is 16.4. The quantitative estimate of drug-likeness (QED) is 0.696. The molecule has 0 bridgehead atoms. The van der Waals surface area contributed by atoms with Gasteiger partial charge >= 0.3 is 6.18 Å². The van der Waals surface area contributed by atoms with Crippen molar-refractivity contribution in [1.82, 2.24) is 20.8 Å². The number of carbonyl (C=O) groups excluding carboxylic acids is 2. The van der Waals surface area contributed by atoms with E-state index in [1.807, 2.05) is 6.92 Å². The molecule has 1 saturated heterocycles. The predicted molar refractivity (Wildman–Crippen MR) is 105 cm³/mol. The van der Waals surface area contributed by atoms with E-state index in [4.69, 9.17) is 0 Å². The molecular formula is C20H22F3N5O2. The van der Waals surface area contributed by atoms with Crippen molar-refractivity contribution < 1.29 is 22.8 Å². The molecule has 2 aromatic rings. The molecule has 7 nitrogen and oxygen atoms in total. The van der Waals surface area contributed by atoms with E-state index in [1.54, 1.807) is 4.90 Å². The van der Waals surface area contributed by atoms with Gasteiger partial charge in [-0.15, -0.1) is 5.10 Å². The number of benzene rings is 1. The third-order valence-electron chi connectivity index (χ3n) is 4.73. The van der Waals surface area contributed by atoms with Gasteiger partial charge in [-0.05, 0) is 12.5 Å². The second-order valence-electron chi connectivity index (χ2n) is 6.82. The number of aromatic nitrogens is 2. The van der Waals surface area contributed by atoms with Crippen molar-refractivity contribution in [3.8, 4) is 0 Å². The number of anilines is 1. The van der Waals surface area contributed by atoms with Crippen LogP contribution in [0.15, 0.2) is 30.5 Å². The van der Waals surface area contributed by atoms with Crippen LogP contribution in [0.4, 0.5) is 18.9 Å². The second kappa shape index (κ2) is 9.21. The Labute approximate surface area is 171 Å². The zero-order chi connectivity index (χ0) is 21.7. The van der Waals surface area contributed by atoms with E-state index in [9.17, 15) is 22.8 Å². The van der Waals surface area contributed by atoms with Crippen molar-refractivity contribution in [2.75, 3.05) is 37.6 Å². The number of nitrogens with one attached hydrogen (secondary N) is 2. The summed E-state index contributed by atoms with van der Waals surface area (Å²) in [6.07, 6.45) is -2.87. The molecule has 0 radical (unpaired) electrons. The SMILES string of the molecule is CCCNC(=O)c1nncc(C(=O)c2ccccc2C(F)(F)F)c1N1CCNCC1. The van der Waals surface area contributed by atoms with E-state index in [2.05, 4.69) is 20.8 Å². The topological polar surface area (TPSA) is 87.2 Å². The van der Waals surface area contributed by atoms with Crippen LogP contribution in [0.25, 0.3) is 0 Å². The lowest BCUT2D eigenvalue weighted by atomic mass is 9.97. The van der Waals surface area contributed by atoms with Gasteiger partial charge in [0.1, 0.15) is 0 Å². The van der Waals surface area contributed by atoms with E-state index >= 15 is 0 Å². The Balaban J connectivity index is 2.13. The van der Waals surface area contributed by atoms with E-state index in [-0.39, 0.29) is 16.9 Å². The van der Waals surface area contributed by atoms with Crippen molar-refractivity contribution in [2.45, 2.75) is 19.5 Å². The maximum atomic E-state index is 13.5. The first-order chi connectivity index (χ1) is 14.3. The van der Waals surface area contributed by atoms with Gasteiger partial charge in [0.2, 0.25) is 0 Å². The molecule has 10 heteroatoms. The molecule has 160 valence electrons. The molecule has 30 heavy (non-hydrogen) atoms. The van der Waals surface area contributed by atoms with Crippen LogP contribution in [-0.4, -0.2) is 54.6 Å². The molecule has 3 rings (SSSR count). The number of carbonyl (C=O) groups is 2. The number of halogens is 3. The summed E-state index contributed by atoms with van der Waals surface area (Å²) in [5.41, 5.74) is -1.46. The Morgan fingerprint density at radius 1 is 1.17 bits per heavy atom. The minimum Gasteiger partial charge on any atom is -0.366 e. The highest BCUT2D eigenvalue weighted by Crippen LogP contribution is 2.34. The van der Waals surface area contributed by atoms with Gasteiger partial charge in [-0.1, -0.05) is 25.1 Å². The lowest BCUT2D eigenvalue weighted by Gasteiger charge is -2.31. The summed E-state index contributed by atoms with van der Waals surface area (Å²) in [4.78, 5) is 27.7. The van der Waals surface area contributed by atoms with Gasteiger partial charge in [-0.25, -0.2) is 0 Å². The fraction of sp³-hybridized carbons (Fsp3) is 0.400. The monoisotopic (exact) mass is 421 g/mol. The maximum Gasteiger partial charge on any atom is 0.417 e.